The van der Waals surface area contributed by atoms with Gasteiger partial charge in [-0.25, -0.2) is 0 Å². The average molecular weight is 340 g/mol. The van der Waals surface area contributed by atoms with E-state index in [4.69, 9.17) is 0 Å². The number of pyridine rings is 1. The highest BCUT2D eigenvalue weighted by Gasteiger charge is 2.23. The van der Waals surface area contributed by atoms with Crippen LogP contribution in [0.25, 0.3) is 0 Å². The lowest BCUT2D eigenvalue weighted by Gasteiger charge is -2.37. The summed E-state index contributed by atoms with van der Waals surface area (Å²) in [5.74, 6) is 0. The normalized spacial score (nSPS) is 21.1. The van der Waals surface area contributed by atoms with Gasteiger partial charge < -0.3 is 5.32 Å². The Labute approximate surface area is 131 Å². The standard InChI is InChI=1S/C16H26BrN3/c1-16(2,3)19-11-15-6-4-5-7-20(15)12-13-8-14(17)10-18-9-13/h8-10,15,19H,4-7,11-12H2,1-3H3. The molecule has 112 valence electrons. The minimum absolute atomic E-state index is 0.195. The molecule has 0 aromatic carbocycles. The van der Waals surface area contributed by atoms with Crippen molar-refractivity contribution in [2.24, 2.45) is 0 Å². The molecule has 2 heterocycles. The van der Waals surface area contributed by atoms with Gasteiger partial charge in [-0.2, -0.15) is 0 Å². The van der Waals surface area contributed by atoms with E-state index in [1.807, 2.05) is 12.4 Å². The van der Waals surface area contributed by atoms with Gasteiger partial charge in [-0.05, 0) is 67.7 Å². The van der Waals surface area contributed by atoms with Crippen molar-refractivity contribution in [1.82, 2.24) is 15.2 Å². The summed E-state index contributed by atoms with van der Waals surface area (Å²) in [6.45, 7) is 9.98. The predicted octanol–water partition coefficient (Wildman–Crippen LogP) is 3.59. The largest absolute Gasteiger partial charge is 0.311 e. The summed E-state index contributed by atoms with van der Waals surface area (Å²) >= 11 is 3.51. The van der Waals surface area contributed by atoms with Crippen LogP contribution in [0, 0.1) is 0 Å². The minimum Gasteiger partial charge on any atom is -0.311 e. The lowest BCUT2D eigenvalue weighted by Crippen LogP contribution is -2.49. The smallest absolute Gasteiger partial charge is 0.0410 e. The Bertz CT molecular complexity index is 428. The zero-order chi connectivity index (χ0) is 14.6. The van der Waals surface area contributed by atoms with E-state index in [0.29, 0.717) is 6.04 Å². The Kier molecular flexibility index (Phi) is 5.58. The molecule has 1 aliphatic rings. The van der Waals surface area contributed by atoms with Crippen molar-refractivity contribution in [3.8, 4) is 0 Å². The first-order valence-electron chi connectivity index (χ1n) is 7.52. The van der Waals surface area contributed by atoms with E-state index in [-0.39, 0.29) is 5.54 Å². The van der Waals surface area contributed by atoms with Gasteiger partial charge in [0.2, 0.25) is 0 Å². The summed E-state index contributed by atoms with van der Waals surface area (Å²) in [6, 6.07) is 2.82. The van der Waals surface area contributed by atoms with Crippen LogP contribution in [0.4, 0.5) is 0 Å². The Morgan fingerprint density at radius 2 is 2.15 bits per heavy atom. The number of piperidine rings is 1. The van der Waals surface area contributed by atoms with Crippen molar-refractivity contribution >= 4 is 15.9 Å². The number of rotatable bonds is 4. The predicted molar refractivity (Wildman–Crippen MR) is 87.7 cm³/mol. The van der Waals surface area contributed by atoms with Gasteiger partial charge in [0, 0.05) is 41.5 Å². The molecule has 0 bridgehead atoms. The number of hydrogen-bond donors (Lipinski definition) is 1. The third-order valence-electron chi connectivity index (χ3n) is 3.76. The molecule has 2 rings (SSSR count). The van der Waals surface area contributed by atoms with Gasteiger partial charge in [0.25, 0.3) is 0 Å². The van der Waals surface area contributed by atoms with Crippen LogP contribution >= 0.6 is 15.9 Å². The third-order valence-corrected chi connectivity index (χ3v) is 4.20. The van der Waals surface area contributed by atoms with E-state index in [1.165, 1.54) is 31.4 Å². The molecular formula is C16H26BrN3. The number of aromatic nitrogens is 1. The Balaban J connectivity index is 1.96. The molecule has 3 nitrogen and oxygen atoms in total. The second-order valence-electron chi connectivity index (χ2n) is 6.76. The lowest BCUT2D eigenvalue weighted by atomic mass is 10.00. The Morgan fingerprint density at radius 3 is 2.85 bits per heavy atom. The van der Waals surface area contributed by atoms with Crippen molar-refractivity contribution < 1.29 is 0 Å². The van der Waals surface area contributed by atoms with Crippen LogP contribution in [0.15, 0.2) is 22.9 Å². The molecule has 20 heavy (non-hydrogen) atoms. The fraction of sp³-hybridized carbons (Fsp3) is 0.688. The van der Waals surface area contributed by atoms with E-state index >= 15 is 0 Å². The molecular weight excluding hydrogens is 314 g/mol. The van der Waals surface area contributed by atoms with Gasteiger partial charge in [-0.1, -0.05) is 6.42 Å². The number of nitrogens with one attached hydrogen (secondary N) is 1. The molecule has 1 fully saturated rings. The maximum atomic E-state index is 4.27. The van der Waals surface area contributed by atoms with Crippen LogP contribution in [0.5, 0.6) is 0 Å². The summed E-state index contributed by atoms with van der Waals surface area (Å²) < 4.78 is 1.07. The molecule has 1 saturated heterocycles. The van der Waals surface area contributed by atoms with Gasteiger partial charge in [0.15, 0.2) is 0 Å². The number of likely N-dealkylation sites (tertiary alicyclic amines) is 1. The average Bonchev–Trinajstić information content (AvgIpc) is 2.37. The van der Waals surface area contributed by atoms with Crippen molar-refractivity contribution in [2.75, 3.05) is 13.1 Å². The Morgan fingerprint density at radius 1 is 1.35 bits per heavy atom. The highest BCUT2D eigenvalue weighted by molar-refractivity contribution is 9.10. The monoisotopic (exact) mass is 339 g/mol. The second kappa shape index (κ2) is 7.01. The van der Waals surface area contributed by atoms with Crippen LogP contribution < -0.4 is 5.32 Å². The van der Waals surface area contributed by atoms with Crippen molar-refractivity contribution in [3.63, 3.8) is 0 Å². The fourth-order valence-corrected chi connectivity index (χ4v) is 3.11. The van der Waals surface area contributed by atoms with Gasteiger partial charge in [0.05, 0.1) is 0 Å². The summed E-state index contributed by atoms with van der Waals surface area (Å²) in [4.78, 5) is 6.87. The van der Waals surface area contributed by atoms with E-state index in [9.17, 15) is 0 Å². The molecule has 1 aromatic rings. The number of halogens is 1. The molecule has 0 radical (unpaired) electrons. The maximum absolute atomic E-state index is 4.27. The van der Waals surface area contributed by atoms with Gasteiger partial charge in [0.1, 0.15) is 0 Å². The topological polar surface area (TPSA) is 28.2 Å². The van der Waals surface area contributed by atoms with Gasteiger partial charge in [-0.3, -0.25) is 9.88 Å². The van der Waals surface area contributed by atoms with E-state index in [0.717, 1.165) is 17.6 Å². The zero-order valence-electron chi connectivity index (χ0n) is 12.8. The van der Waals surface area contributed by atoms with Crippen LogP contribution in [-0.2, 0) is 6.54 Å². The molecule has 0 aliphatic carbocycles. The molecule has 0 amide bonds. The Hall–Kier alpha value is -0.450. The highest BCUT2D eigenvalue weighted by Crippen LogP contribution is 2.20. The van der Waals surface area contributed by atoms with Crippen molar-refractivity contribution in [1.29, 1.82) is 0 Å². The molecule has 1 aliphatic heterocycles. The number of hydrogen-bond acceptors (Lipinski definition) is 3. The molecule has 1 atom stereocenters. The SMILES string of the molecule is CC(C)(C)NCC1CCCCN1Cc1cncc(Br)c1. The third kappa shape index (κ3) is 5.15. The van der Waals surface area contributed by atoms with Gasteiger partial charge in [-0.15, -0.1) is 0 Å². The molecule has 0 saturated carbocycles. The summed E-state index contributed by atoms with van der Waals surface area (Å²) in [7, 11) is 0. The van der Waals surface area contributed by atoms with Crippen LogP contribution in [-0.4, -0.2) is 34.6 Å². The second-order valence-corrected chi connectivity index (χ2v) is 7.68. The lowest BCUT2D eigenvalue weighted by molar-refractivity contribution is 0.131. The van der Waals surface area contributed by atoms with Crippen LogP contribution in [0.3, 0.4) is 0 Å². The van der Waals surface area contributed by atoms with Crippen molar-refractivity contribution in [2.45, 2.75) is 58.2 Å². The highest BCUT2D eigenvalue weighted by atomic mass is 79.9. The van der Waals surface area contributed by atoms with Crippen molar-refractivity contribution in [3.05, 3.63) is 28.5 Å². The molecule has 4 heteroatoms. The van der Waals surface area contributed by atoms with Gasteiger partial charge >= 0.3 is 0 Å². The first-order chi connectivity index (χ1) is 9.44. The first-order valence-corrected chi connectivity index (χ1v) is 8.32. The number of nitrogens with zero attached hydrogens (tertiary/aromatic N) is 2. The van der Waals surface area contributed by atoms with E-state index < -0.39 is 0 Å². The molecule has 1 unspecified atom stereocenters. The quantitative estimate of drug-likeness (QED) is 0.908. The molecule has 0 spiro atoms. The van der Waals surface area contributed by atoms with E-state index in [1.54, 1.807) is 0 Å². The summed E-state index contributed by atoms with van der Waals surface area (Å²) in [6.07, 6.45) is 7.79. The summed E-state index contributed by atoms with van der Waals surface area (Å²) in [5, 5.41) is 3.65. The molecule has 1 aromatic heterocycles. The van der Waals surface area contributed by atoms with Crippen LogP contribution in [0.2, 0.25) is 0 Å². The minimum atomic E-state index is 0.195. The van der Waals surface area contributed by atoms with Crippen LogP contribution in [0.1, 0.15) is 45.6 Å². The maximum Gasteiger partial charge on any atom is 0.0410 e. The summed E-state index contributed by atoms with van der Waals surface area (Å²) in [5.41, 5.74) is 1.49. The first kappa shape index (κ1) is 15.9. The fourth-order valence-electron chi connectivity index (χ4n) is 2.70. The molecule has 1 N–H and O–H groups in total. The zero-order valence-corrected chi connectivity index (χ0v) is 14.4. The van der Waals surface area contributed by atoms with E-state index in [2.05, 4.69) is 58.0 Å².